The van der Waals surface area contributed by atoms with E-state index in [9.17, 15) is 0 Å². The largest absolute Gasteiger partial charge is 0.353 e. The lowest BCUT2D eigenvalue weighted by Gasteiger charge is -2.04. The summed E-state index contributed by atoms with van der Waals surface area (Å²) in [6.07, 6.45) is 2.03. The van der Waals surface area contributed by atoms with Crippen molar-refractivity contribution >= 4 is 12.6 Å². The molecule has 1 nitrogen and oxygen atoms in total. The summed E-state index contributed by atoms with van der Waals surface area (Å²) in [5.74, 6) is 0.589. The molecule has 0 saturated carbocycles. The van der Waals surface area contributed by atoms with Crippen LogP contribution in [0.25, 0.3) is 0 Å². The third kappa shape index (κ3) is 1.37. The van der Waals surface area contributed by atoms with E-state index < -0.39 is 0 Å². The zero-order valence-electron chi connectivity index (χ0n) is 6.63. The van der Waals surface area contributed by atoms with Gasteiger partial charge in [-0.2, -0.15) is 0 Å². The highest BCUT2D eigenvalue weighted by atomic mass is 32.1. The number of aryl methyl sites for hydroxylation is 1. The Labute approximate surface area is 67.5 Å². The highest BCUT2D eigenvalue weighted by molar-refractivity contribution is 7.80. The Balaban J connectivity index is 3.03. The minimum atomic E-state index is 0.589. The monoisotopic (exact) mass is 155 g/mol. The van der Waals surface area contributed by atoms with Crippen LogP contribution in [0.3, 0.4) is 0 Å². The predicted octanol–water partition coefficient (Wildman–Crippen LogP) is 2.44. The van der Waals surface area contributed by atoms with Crippen LogP contribution in [0.5, 0.6) is 0 Å². The van der Waals surface area contributed by atoms with Crippen LogP contribution in [0.15, 0.2) is 17.2 Å². The Kier molecular flexibility index (Phi) is 2.09. The van der Waals surface area contributed by atoms with Crippen molar-refractivity contribution in [2.24, 2.45) is 7.05 Å². The molecule has 0 aliphatic carbocycles. The van der Waals surface area contributed by atoms with E-state index in [4.69, 9.17) is 0 Å². The van der Waals surface area contributed by atoms with Gasteiger partial charge in [-0.05, 0) is 12.0 Å². The van der Waals surface area contributed by atoms with Gasteiger partial charge in [0.25, 0.3) is 0 Å². The van der Waals surface area contributed by atoms with Gasteiger partial charge in [0.1, 0.15) is 0 Å². The standard InChI is InChI=1S/C8H13NS/c1-6(2)8-4-7(10)5-9(8)3/h4-6,10H,1-3H3. The molecule has 0 N–H and O–H groups in total. The van der Waals surface area contributed by atoms with E-state index in [-0.39, 0.29) is 0 Å². The first-order chi connectivity index (χ1) is 4.61. The van der Waals surface area contributed by atoms with Crippen molar-refractivity contribution in [3.63, 3.8) is 0 Å². The van der Waals surface area contributed by atoms with Crippen LogP contribution in [0.2, 0.25) is 0 Å². The molecule has 0 bridgehead atoms. The van der Waals surface area contributed by atoms with Gasteiger partial charge in [-0.3, -0.25) is 0 Å². The van der Waals surface area contributed by atoms with E-state index in [1.807, 2.05) is 6.20 Å². The van der Waals surface area contributed by atoms with Crippen molar-refractivity contribution in [2.45, 2.75) is 24.7 Å². The SMILES string of the molecule is CC(C)c1cc(S)cn1C. The van der Waals surface area contributed by atoms with Gasteiger partial charge in [0.2, 0.25) is 0 Å². The van der Waals surface area contributed by atoms with Gasteiger partial charge in [0.15, 0.2) is 0 Å². The van der Waals surface area contributed by atoms with E-state index in [0.29, 0.717) is 5.92 Å². The Morgan fingerprint density at radius 2 is 2.10 bits per heavy atom. The van der Waals surface area contributed by atoms with Gasteiger partial charge in [0.05, 0.1) is 0 Å². The molecule has 0 amide bonds. The second kappa shape index (κ2) is 2.70. The molecule has 0 atom stereocenters. The number of thiol groups is 1. The lowest BCUT2D eigenvalue weighted by atomic mass is 10.1. The van der Waals surface area contributed by atoms with Gasteiger partial charge in [0, 0.05) is 23.8 Å². The summed E-state index contributed by atoms with van der Waals surface area (Å²) >= 11 is 4.25. The third-order valence-corrected chi connectivity index (χ3v) is 1.87. The van der Waals surface area contributed by atoms with Gasteiger partial charge in [-0.25, -0.2) is 0 Å². The highest BCUT2D eigenvalue weighted by Crippen LogP contribution is 2.18. The molecule has 0 aliphatic heterocycles. The minimum Gasteiger partial charge on any atom is -0.353 e. The van der Waals surface area contributed by atoms with E-state index in [0.717, 1.165) is 4.90 Å². The maximum atomic E-state index is 4.25. The van der Waals surface area contributed by atoms with Crippen LogP contribution in [-0.2, 0) is 7.05 Å². The third-order valence-electron chi connectivity index (χ3n) is 1.62. The first-order valence-corrected chi connectivity index (χ1v) is 3.91. The van der Waals surface area contributed by atoms with Crippen molar-refractivity contribution in [3.05, 3.63) is 18.0 Å². The first-order valence-electron chi connectivity index (χ1n) is 3.46. The Hall–Kier alpha value is -0.370. The predicted molar refractivity (Wildman–Crippen MR) is 46.8 cm³/mol. The van der Waals surface area contributed by atoms with E-state index in [1.54, 1.807) is 0 Å². The summed E-state index contributed by atoms with van der Waals surface area (Å²) in [7, 11) is 2.05. The zero-order valence-corrected chi connectivity index (χ0v) is 7.52. The highest BCUT2D eigenvalue weighted by Gasteiger charge is 2.03. The smallest absolute Gasteiger partial charge is 0.0220 e. The second-order valence-electron chi connectivity index (χ2n) is 2.89. The number of rotatable bonds is 1. The number of hydrogen-bond acceptors (Lipinski definition) is 1. The topological polar surface area (TPSA) is 4.93 Å². The molecule has 1 aromatic heterocycles. The van der Waals surface area contributed by atoms with Crippen molar-refractivity contribution in [1.29, 1.82) is 0 Å². The number of hydrogen-bond donors (Lipinski definition) is 1. The molecule has 0 saturated heterocycles. The van der Waals surface area contributed by atoms with Gasteiger partial charge in [-0.1, -0.05) is 13.8 Å². The Morgan fingerprint density at radius 3 is 2.30 bits per heavy atom. The summed E-state index contributed by atoms with van der Waals surface area (Å²) in [5, 5.41) is 0. The van der Waals surface area contributed by atoms with E-state index in [2.05, 4.69) is 44.2 Å². The zero-order chi connectivity index (χ0) is 7.72. The normalized spacial score (nSPS) is 10.9. The lowest BCUT2D eigenvalue weighted by molar-refractivity contribution is 0.741. The molecule has 2 heteroatoms. The molecule has 0 fully saturated rings. The maximum Gasteiger partial charge on any atom is 0.0220 e. The van der Waals surface area contributed by atoms with Gasteiger partial charge >= 0.3 is 0 Å². The summed E-state index contributed by atoms with van der Waals surface area (Å²) in [5.41, 5.74) is 1.34. The lowest BCUT2D eigenvalue weighted by Crippen LogP contribution is -1.95. The van der Waals surface area contributed by atoms with Gasteiger partial charge in [-0.15, -0.1) is 12.6 Å². The first kappa shape index (κ1) is 7.73. The average Bonchev–Trinajstić information content (AvgIpc) is 2.10. The Morgan fingerprint density at radius 1 is 1.50 bits per heavy atom. The van der Waals surface area contributed by atoms with Crippen LogP contribution < -0.4 is 0 Å². The van der Waals surface area contributed by atoms with Crippen LogP contribution in [0.4, 0.5) is 0 Å². The molecule has 0 radical (unpaired) electrons. The quantitative estimate of drug-likeness (QED) is 0.594. The molecule has 0 aliphatic rings. The fourth-order valence-corrected chi connectivity index (χ4v) is 1.44. The molecule has 56 valence electrons. The Bertz CT molecular complexity index is 225. The van der Waals surface area contributed by atoms with Crippen molar-refractivity contribution in [3.8, 4) is 0 Å². The molecule has 1 aromatic rings. The fraction of sp³-hybridized carbons (Fsp3) is 0.500. The maximum absolute atomic E-state index is 4.25. The number of aromatic nitrogens is 1. The molecule has 0 unspecified atom stereocenters. The summed E-state index contributed by atoms with van der Waals surface area (Å²) in [6, 6.07) is 2.10. The molecule has 1 heterocycles. The van der Waals surface area contributed by atoms with Crippen molar-refractivity contribution < 1.29 is 0 Å². The average molecular weight is 155 g/mol. The molecule has 0 spiro atoms. The van der Waals surface area contributed by atoms with E-state index in [1.165, 1.54) is 5.69 Å². The van der Waals surface area contributed by atoms with Crippen molar-refractivity contribution in [2.75, 3.05) is 0 Å². The van der Waals surface area contributed by atoms with Crippen LogP contribution in [-0.4, -0.2) is 4.57 Å². The molecule has 0 aromatic carbocycles. The summed E-state index contributed by atoms with van der Waals surface area (Å²) in [6.45, 7) is 4.37. The number of nitrogens with zero attached hydrogens (tertiary/aromatic N) is 1. The van der Waals surface area contributed by atoms with Crippen LogP contribution in [0.1, 0.15) is 25.5 Å². The second-order valence-corrected chi connectivity index (χ2v) is 3.41. The minimum absolute atomic E-state index is 0.589. The van der Waals surface area contributed by atoms with Crippen molar-refractivity contribution in [1.82, 2.24) is 4.57 Å². The summed E-state index contributed by atoms with van der Waals surface area (Å²) < 4.78 is 2.12. The fourth-order valence-electron chi connectivity index (χ4n) is 1.14. The van der Waals surface area contributed by atoms with Crippen LogP contribution >= 0.6 is 12.6 Å². The summed E-state index contributed by atoms with van der Waals surface area (Å²) in [4.78, 5) is 1.05. The molecule has 10 heavy (non-hydrogen) atoms. The molecular weight excluding hydrogens is 142 g/mol. The molecular formula is C8H13NS. The van der Waals surface area contributed by atoms with Gasteiger partial charge < -0.3 is 4.57 Å². The van der Waals surface area contributed by atoms with Crippen LogP contribution in [0, 0.1) is 0 Å². The molecule has 1 rings (SSSR count). The van der Waals surface area contributed by atoms with E-state index >= 15 is 0 Å².